The number of nitrogens with zero attached hydrogens (tertiary/aromatic N) is 1. The van der Waals surface area contributed by atoms with Gasteiger partial charge < -0.3 is 25.4 Å². The molecule has 0 aliphatic heterocycles. The summed E-state index contributed by atoms with van der Waals surface area (Å²) in [5, 5.41) is 15.3. The third kappa shape index (κ3) is 5.74. The van der Waals surface area contributed by atoms with Crippen molar-refractivity contribution in [2.45, 2.75) is 13.0 Å². The molecule has 0 spiro atoms. The van der Waals surface area contributed by atoms with Gasteiger partial charge in [-0.25, -0.2) is 8.78 Å². The highest BCUT2D eigenvalue weighted by Gasteiger charge is 2.20. The van der Waals surface area contributed by atoms with Gasteiger partial charge in [-0.3, -0.25) is 9.59 Å². The van der Waals surface area contributed by atoms with Gasteiger partial charge in [0.1, 0.15) is 11.5 Å². The molecule has 0 bridgehead atoms. The lowest BCUT2D eigenvalue weighted by Crippen LogP contribution is -2.30. The molecule has 0 aliphatic carbocycles. The van der Waals surface area contributed by atoms with Crippen molar-refractivity contribution < 1.29 is 28.2 Å². The summed E-state index contributed by atoms with van der Waals surface area (Å²) < 4.78 is 32.2. The zero-order valence-corrected chi connectivity index (χ0v) is 19.3. The standard InChI is InChI=1S/C24H22ClF2N3O4/c1-13(34-22-7-5-4-6-20(22)30(2)3)23(32)28-18-12-21(31)19(11-15(18)25)29-24(33)14-8-9-16(26)17(27)10-14/h4-13,31H,1-3H3,(H,28,32)(H,29,33). The van der Waals surface area contributed by atoms with Crippen molar-refractivity contribution >= 4 is 40.5 Å². The number of carbonyl (C=O) groups excluding carboxylic acids is 2. The maximum atomic E-state index is 13.4. The summed E-state index contributed by atoms with van der Waals surface area (Å²) in [5.74, 6) is -3.47. The van der Waals surface area contributed by atoms with E-state index >= 15 is 0 Å². The molecule has 10 heteroatoms. The average Bonchev–Trinajstić information content (AvgIpc) is 2.79. The summed E-state index contributed by atoms with van der Waals surface area (Å²) in [6, 6.07) is 12.2. The number of phenolic OH excluding ortho intramolecular Hbond substituents is 1. The summed E-state index contributed by atoms with van der Waals surface area (Å²) >= 11 is 6.22. The monoisotopic (exact) mass is 489 g/mol. The van der Waals surface area contributed by atoms with E-state index in [2.05, 4.69) is 10.6 Å². The summed E-state index contributed by atoms with van der Waals surface area (Å²) in [4.78, 5) is 26.8. The average molecular weight is 490 g/mol. The largest absolute Gasteiger partial charge is 0.506 e. The first-order chi connectivity index (χ1) is 16.1. The number of ether oxygens (including phenoxy) is 1. The van der Waals surface area contributed by atoms with E-state index in [9.17, 15) is 23.5 Å². The Hall–Kier alpha value is -3.85. The molecular weight excluding hydrogens is 468 g/mol. The third-order valence-electron chi connectivity index (χ3n) is 4.79. The van der Waals surface area contributed by atoms with Gasteiger partial charge in [0.15, 0.2) is 17.7 Å². The molecule has 0 aliphatic rings. The van der Waals surface area contributed by atoms with Crippen LogP contribution < -0.4 is 20.3 Å². The second-order valence-corrected chi connectivity index (χ2v) is 7.95. The molecule has 3 aromatic rings. The zero-order valence-electron chi connectivity index (χ0n) is 18.5. The first-order valence-corrected chi connectivity index (χ1v) is 10.5. The fraction of sp³-hybridized carbons (Fsp3) is 0.167. The molecule has 3 aromatic carbocycles. The van der Waals surface area contributed by atoms with E-state index in [1.807, 2.05) is 31.1 Å². The molecule has 7 nitrogen and oxygen atoms in total. The highest BCUT2D eigenvalue weighted by Crippen LogP contribution is 2.34. The lowest BCUT2D eigenvalue weighted by atomic mass is 10.2. The van der Waals surface area contributed by atoms with Gasteiger partial charge in [0.2, 0.25) is 0 Å². The minimum absolute atomic E-state index is 0.0210. The van der Waals surface area contributed by atoms with Gasteiger partial charge in [-0.15, -0.1) is 0 Å². The Kier molecular flexibility index (Phi) is 7.57. The molecule has 3 N–H and O–H groups in total. The van der Waals surface area contributed by atoms with E-state index in [1.165, 1.54) is 6.07 Å². The maximum Gasteiger partial charge on any atom is 0.265 e. The number of nitrogens with one attached hydrogen (secondary N) is 2. The van der Waals surface area contributed by atoms with Crippen LogP contribution in [0.3, 0.4) is 0 Å². The van der Waals surface area contributed by atoms with E-state index in [-0.39, 0.29) is 22.0 Å². The Morgan fingerprint density at radius 3 is 2.38 bits per heavy atom. The molecular formula is C24H22ClF2N3O4. The fourth-order valence-corrected chi connectivity index (χ4v) is 3.21. The molecule has 0 saturated carbocycles. The van der Waals surface area contributed by atoms with Gasteiger partial charge in [-0.1, -0.05) is 23.7 Å². The van der Waals surface area contributed by atoms with Crippen LogP contribution in [0.15, 0.2) is 54.6 Å². The van der Waals surface area contributed by atoms with Crippen molar-refractivity contribution in [3.05, 3.63) is 76.8 Å². The number of rotatable bonds is 7. The number of carbonyl (C=O) groups is 2. The Bertz CT molecular complexity index is 1240. The van der Waals surface area contributed by atoms with Crippen LogP contribution in [0.1, 0.15) is 17.3 Å². The van der Waals surface area contributed by atoms with Gasteiger partial charge >= 0.3 is 0 Å². The lowest BCUT2D eigenvalue weighted by Gasteiger charge is -2.21. The molecule has 178 valence electrons. The summed E-state index contributed by atoms with van der Waals surface area (Å²) in [7, 11) is 3.70. The molecule has 1 atom stereocenters. The number of phenols is 1. The molecule has 1 unspecified atom stereocenters. The third-order valence-corrected chi connectivity index (χ3v) is 5.11. The van der Waals surface area contributed by atoms with Crippen molar-refractivity contribution in [3.63, 3.8) is 0 Å². The van der Waals surface area contributed by atoms with Crippen LogP contribution in [0.5, 0.6) is 11.5 Å². The van der Waals surface area contributed by atoms with Crippen molar-refractivity contribution in [2.24, 2.45) is 0 Å². The number of halogens is 3. The normalized spacial score (nSPS) is 11.5. The summed E-state index contributed by atoms with van der Waals surface area (Å²) in [6.07, 6.45) is -0.896. The molecule has 0 fully saturated rings. The lowest BCUT2D eigenvalue weighted by molar-refractivity contribution is -0.122. The minimum Gasteiger partial charge on any atom is -0.506 e. The van der Waals surface area contributed by atoms with Gasteiger partial charge in [-0.2, -0.15) is 0 Å². The molecule has 2 amide bonds. The Labute approximate surface area is 199 Å². The Morgan fingerprint density at radius 2 is 1.71 bits per heavy atom. The van der Waals surface area contributed by atoms with Gasteiger partial charge in [0, 0.05) is 25.7 Å². The minimum atomic E-state index is -1.18. The van der Waals surface area contributed by atoms with E-state index in [1.54, 1.807) is 19.1 Å². The van der Waals surface area contributed by atoms with Gasteiger partial charge in [0.05, 0.1) is 22.1 Å². The number of hydrogen-bond acceptors (Lipinski definition) is 5. The van der Waals surface area contributed by atoms with E-state index in [4.69, 9.17) is 16.3 Å². The molecule has 0 saturated heterocycles. The fourth-order valence-electron chi connectivity index (χ4n) is 2.99. The van der Waals surface area contributed by atoms with E-state index in [0.717, 1.165) is 30.0 Å². The second-order valence-electron chi connectivity index (χ2n) is 7.54. The van der Waals surface area contributed by atoms with E-state index in [0.29, 0.717) is 5.75 Å². The summed E-state index contributed by atoms with van der Waals surface area (Å²) in [5.41, 5.74) is 0.642. The van der Waals surface area contributed by atoms with Gasteiger partial charge in [-0.05, 0) is 43.3 Å². The van der Waals surface area contributed by atoms with Crippen LogP contribution in [0.2, 0.25) is 5.02 Å². The highest BCUT2D eigenvalue weighted by molar-refractivity contribution is 6.34. The Balaban J connectivity index is 1.71. The predicted octanol–water partition coefficient (Wildman–Crippen LogP) is 5.05. The number of amides is 2. The zero-order chi connectivity index (χ0) is 25.0. The number of aromatic hydroxyl groups is 1. The van der Waals surface area contributed by atoms with Crippen LogP contribution in [-0.2, 0) is 4.79 Å². The number of anilines is 3. The molecule has 0 heterocycles. The smallest absolute Gasteiger partial charge is 0.265 e. The van der Waals surface area contributed by atoms with Gasteiger partial charge in [0.25, 0.3) is 11.8 Å². The Morgan fingerprint density at radius 1 is 1.00 bits per heavy atom. The van der Waals surface area contributed by atoms with Crippen LogP contribution in [0, 0.1) is 11.6 Å². The predicted molar refractivity (Wildman–Crippen MR) is 127 cm³/mol. The molecule has 0 radical (unpaired) electrons. The number of hydrogen-bond donors (Lipinski definition) is 3. The SMILES string of the molecule is CC(Oc1ccccc1N(C)C)C(=O)Nc1cc(O)c(NC(=O)c2ccc(F)c(F)c2)cc1Cl. The van der Waals surface area contributed by atoms with Crippen molar-refractivity contribution in [2.75, 3.05) is 29.6 Å². The highest BCUT2D eigenvalue weighted by atomic mass is 35.5. The van der Waals surface area contributed by atoms with Crippen LogP contribution in [0.4, 0.5) is 25.8 Å². The molecule has 3 rings (SSSR count). The molecule has 0 aromatic heterocycles. The summed E-state index contributed by atoms with van der Waals surface area (Å²) in [6.45, 7) is 1.56. The van der Waals surface area contributed by atoms with Crippen LogP contribution in [0.25, 0.3) is 0 Å². The van der Waals surface area contributed by atoms with Crippen LogP contribution in [-0.4, -0.2) is 37.1 Å². The number of benzene rings is 3. The maximum absolute atomic E-state index is 13.4. The second kappa shape index (κ2) is 10.4. The first kappa shape index (κ1) is 24.8. The van der Waals surface area contributed by atoms with Crippen LogP contribution >= 0.6 is 11.6 Å². The topological polar surface area (TPSA) is 90.9 Å². The first-order valence-electron chi connectivity index (χ1n) is 10.1. The molecule has 34 heavy (non-hydrogen) atoms. The van der Waals surface area contributed by atoms with Crippen molar-refractivity contribution in [3.8, 4) is 11.5 Å². The van der Waals surface area contributed by atoms with Crippen molar-refractivity contribution in [1.82, 2.24) is 0 Å². The van der Waals surface area contributed by atoms with Crippen molar-refractivity contribution in [1.29, 1.82) is 0 Å². The van der Waals surface area contributed by atoms with E-state index < -0.39 is 35.3 Å². The number of para-hydroxylation sites is 2. The quantitative estimate of drug-likeness (QED) is 0.404.